The fourth-order valence-electron chi connectivity index (χ4n) is 2.76. The van der Waals surface area contributed by atoms with Crippen molar-refractivity contribution in [3.63, 3.8) is 0 Å². The van der Waals surface area contributed by atoms with Gasteiger partial charge in [-0.1, -0.05) is 6.92 Å². The maximum Gasteiger partial charge on any atom is 0.164 e. The van der Waals surface area contributed by atoms with Gasteiger partial charge in [-0.3, -0.25) is 4.68 Å². The Morgan fingerprint density at radius 3 is 2.81 bits per heavy atom. The van der Waals surface area contributed by atoms with Crippen molar-refractivity contribution < 1.29 is 0 Å². The molecular formula is C16H23N5. The average molecular weight is 285 g/mol. The molecule has 2 aromatic rings. The van der Waals surface area contributed by atoms with Crippen LogP contribution in [0, 0.1) is 0 Å². The SMILES string of the molecule is CCCNc1nc(-c2cnn(CC)c2)nc2c1CCCC2. The first-order valence-electron chi connectivity index (χ1n) is 7.98. The Labute approximate surface area is 125 Å². The van der Waals surface area contributed by atoms with Crippen LogP contribution in [0.5, 0.6) is 0 Å². The Kier molecular flexibility index (Phi) is 4.18. The minimum Gasteiger partial charge on any atom is -0.370 e. The monoisotopic (exact) mass is 285 g/mol. The Hall–Kier alpha value is -1.91. The quantitative estimate of drug-likeness (QED) is 0.917. The maximum atomic E-state index is 4.80. The molecule has 0 fully saturated rings. The molecule has 3 rings (SSSR count). The molecule has 0 unspecified atom stereocenters. The van der Waals surface area contributed by atoms with E-state index in [0.29, 0.717) is 0 Å². The first-order valence-corrected chi connectivity index (χ1v) is 7.98. The molecule has 112 valence electrons. The molecule has 0 aromatic carbocycles. The molecule has 0 saturated carbocycles. The van der Waals surface area contributed by atoms with Crippen LogP contribution in [0.15, 0.2) is 12.4 Å². The Morgan fingerprint density at radius 1 is 1.19 bits per heavy atom. The highest BCUT2D eigenvalue weighted by Crippen LogP contribution is 2.28. The first-order chi connectivity index (χ1) is 10.3. The number of nitrogens with zero attached hydrogens (tertiary/aromatic N) is 4. The molecule has 21 heavy (non-hydrogen) atoms. The van der Waals surface area contributed by atoms with Gasteiger partial charge in [0.15, 0.2) is 5.82 Å². The summed E-state index contributed by atoms with van der Waals surface area (Å²) in [6.45, 7) is 6.08. The van der Waals surface area contributed by atoms with Gasteiger partial charge in [-0.25, -0.2) is 9.97 Å². The number of hydrogen-bond donors (Lipinski definition) is 1. The van der Waals surface area contributed by atoms with E-state index in [1.807, 2.05) is 17.1 Å². The molecule has 0 aliphatic heterocycles. The minimum atomic E-state index is 0.800. The molecule has 0 bridgehead atoms. The van der Waals surface area contributed by atoms with Crippen LogP contribution in [0.25, 0.3) is 11.4 Å². The lowest BCUT2D eigenvalue weighted by atomic mass is 9.96. The third-order valence-electron chi connectivity index (χ3n) is 3.94. The summed E-state index contributed by atoms with van der Waals surface area (Å²) in [5.41, 5.74) is 3.54. The zero-order valence-electron chi connectivity index (χ0n) is 12.9. The molecule has 0 spiro atoms. The number of aromatic nitrogens is 4. The lowest BCUT2D eigenvalue weighted by Crippen LogP contribution is -2.14. The average Bonchev–Trinajstić information content (AvgIpc) is 3.01. The summed E-state index contributed by atoms with van der Waals surface area (Å²) in [5, 5.41) is 7.81. The number of nitrogens with one attached hydrogen (secondary N) is 1. The first kappa shape index (κ1) is 14.0. The van der Waals surface area contributed by atoms with Crippen LogP contribution in [0.3, 0.4) is 0 Å². The molecule has 1 aliphatic rings. The van der Waals surface area contributed by atoms with Crippen LogP contribution in [0.2, 0.25) is 0 Å². The third-order valence-corrected chi connectivity index (χ3v) is 3.94. The van der Waals surface area contributed by atoms with E-state index in [1.165, 1.54) is 24.1 Å². The van der Waals surface area contributed by atoms with Crippen LogP contribution in [0.4, 0.5) is 5.82 Å². The van der Waals surface area contributed by atoms with E-state index in [1.54, 1.807) is 0 Å². The second-order valence-electron chi connectivity index (χ2n) is 5.54. The lowest BCUT2D eigenvalue weighted by Gasteiger charge is -2.19. The van der Waals surface area contributed by atoms with Crippen molar-refractivity contribution in [2.24, 2.45) is 0 Å². The molecule has 2 aromatic heterocycles. The normalized spacial score (nSPS) is 14.0. The van der Waals surface area contributed by atoms with Crippen molar-refractivity contribution in [1.82, 2.24) is 19.7 Å². The van der Waals surface area contributed by atoms with Crippen molar-refractivity contribution in [2.75, 3.05) is 11.9 Å². The van der Waals surface area contributed by atoms with Crippen molar-refractivity contribution in [2.45, 2.75) is 52.5 Å². The number of aryl methyl sites for hydroxylation is 2. The predicted octanol–water partition coefficient (Wildman–Crippen LogP) is 3.06. The van der Waals surface area contributed by atoms with E-state index in [2.05, 4.69) is 24.3 Å². The van der Waals surface area contributed by atoms with Gasteiger partial charge in [0.05, 0.1) is 11.8 Å². The van der Waals surface area contributed by atoms with Gasteiger partial charge in [0.25, 0.3) is 0 Å². The maximum absolute atomic E-state index is 4.80. The second-order valence-corrected chi connectivity index (χ2v) is 5.54. The fourth-order valence-corrected chi connectivity index (χ4v) is 2.76. The van der Waals surface area contributed by atoms with Gasteiger partial charge in [0.1, 0.15) is 5.82 Å². The summed E-state index contributed by atoms with van der Waals surface area (Å²) in [6, 6.07) is 0. The van der Waals surface area contributed by atoms with Gasteiger partial charge < -0.3 is 5.32 Å². The summed E-state index contributed by atoms with van der Waals surface area (Å²) in [4.78, 5) is 9.56. The molecule has 0 saturated heterocycles. The molecule has 2 heterocycles. The van der Waals surface area contributed by atoms with Gasteiger partial charge in [-0.05, 0) is 39.0 Å². The standard InChI is InChI=1S/C16H23N5/c1-3-9-17-16-13-7-5-6-8-14(13)19-15(20-16)12-10-18-21(4-2)11-12/h10-11H,3-9H2,1-2H3,(H,17,19,20). The largest absolute Gasteiger partial charge is 0.370 e. The molecular weight excluding hydrogens is 262 g/mol. The Morgan fingerprint density at radius 2 is 2.05 bits per heavy atom. The number of fused-ring (bicyclic) bond motifs is 1. The lowest BCUT2D eigenvalue weighted by molar-refractivity contribution is 0.659. The van der Waals surface area contributed by atoms with E-state index < -0.39 is 0 Å². The zero-order valence-corrected chi connectivity index (χ0v) is 12.9. The minimum absolute atomic E-state index is 0.800. The van der Waals surface area contributed by atoms with Gasteiger partial charge in [-0.15, -0.1) is 0 Å². The van der Waals surface area contributed by atoms with Gasteiger partial charge >= 0.3 is 0 Å². The second kappa shape index (κ2) is 6.24. The van der Waals surface area contributed by atoms with Crippen LogP contribution in [-0.4, -0.2) is 26.3 Å². The highest BCUT2D eigenvalue weighted by Gasteiger charge is 2.18. The van der Waals surface area contributed by atoms with E-state index >= 15 is 0 Å². The van der Waals surface area contributed by atoms with Crippen molar-refractivity contribution in [3.8, 4) is 11.4 Å². The van der Waals surface area contributed by atoms with Crippen molar-refractivity contribution >= 4 is 5.82 Å². The Balaban J connectivity index is 2.00. The van der Waals surface area contributed by atoms with Gasteiger partial charge in [-0.2, -0.15) is 5.10 Å². The number of hydrogen-bond acceptors (Lipinski definition) is 4. The van der Waals surface area contributed by atoms with E-state index in [4.69, 9.17) is 9.97 Å². The van der Waals surface area contributed by atoms with Crippen LogP contribution >= 0.6 is 0 Å². The van der Waals surface area contributed by atoms with Crippen LogP contribution in [-0.2, 0) is 19.4 Å². The van der Waals surface area contributed by atoms with E-state index in [9.17, 15) is 0 Å². The third kappa shape index (κ3) is 2.91. The Bertz CT molecular complexity index is 617. The summed E-state index contributed by atoms with van der Waals surface area (Å²) in [5.74, 6) is 1.83. The van der Waals surface area contributed by atoms with Crippen molar-refractivity contribution in [3.05, 3.63) is 23.7 Å². The molecule has 0 amide bonds. The van der Waals surface area contributed by atoms with E-state index in [-0.39, 0.29) is 0 Å². The van der Waals surface area contributed by atoms with Gasteiger partial charge in [0, 0.05) is 30.5 Å². The van der Waals surface area contributed by atoms with Crippen LogP contribution in [0.1, 0.15) is 44.4 Å². The number of rotatable bonds is 5. The number of anilines is 1. The van der Waals surface area contributed by atoms with Gasteiger partial charge in [0.2, 0.25) is 0 Å². The molecule has 5 nitrogen and oxygen atoms in total. The molecule has 0 atom stereocenters. The van der Waals surface area contributed by atoms with Crippen molar-refractivity contribution in [1.29, 1.82) is 0 Å². The zero-order chi connectivity index (χ0) is 14.7. The molecule has 1 N–H and O–H groups in total. The molecule has 0 radical (unpaired) electrons. The topological polar surface area (TPSA) is 55.6 Å². The summed E-state index contributed by atoms with van der Waals surface area (Å²) in [6.07, 6.45) is 9.60. The van der Waals surface area contributed by atoms with E-state index in [0.717, 1.165) is 49.6 Å². The summed E-state index contributed by atoms with van der Waals surface area (Å²) < 4.78 is 1.91. The highest BCUT2D eigenvalue weighted by molar-refractivity contribution is 5.59. The highest BCUT2D eigenvalue weighted by atomic mass is 15.3. The summed E-state index contributed by atoms with van der Waals surface area (Å²) in [7, 11) is 0. The summed E-state index contributed by atoms with van der Waals surface area (Å²) >= 11 is 0. The molecule has 5 heteroatoms. The fraction of sp³-hybridized carbons (Fsp3) is 0.562. The molecule has 1 aliphatic carbocycles. The smallest absolute Gasteiger partial charge is 0.164 e. The predicted molar refractivity (Wildman–Crippen MR) is 84.3 cm³/mol. The van der Waals surface area contributed by atoms with Crippen LogP contribution < -0.4 is 5.32 Å².